The SMILES string of the molecule is CCN(CC(=O)O)S(=O)(=O)c1cc(C2CC2)nn1CC. The monoisotopic (exact) mass is 301 g/mol. The number of carboxylic acid groups (broad SMARTS) is 1. The molecule has 1 saturated carbocycles. The molecule has 1 N–H and O–H groups in total. The van der Waals surface area contributed by atoms with Gasteiger partial charge in [-0.1, -0.05) is 6.92 Å². The van der Waals surface area contributed by atoms with E-state index in [1.807, 2.05) is 6.92 Å². The fraction of sp³-hybridized carbons (Fsp3) is 0.667. The van der Waals surface area contributed by atoms with Gasteiger partial charge in [-0.15, -0.1) is 0 Å². The summed E-state index contributed by atoms with van der Waals surface area (Å²) < 4.78 is 27.5. The van der Waals surface area contributed by atoms with Crippen LogP contribution in [0.4, 0.5) is 0 Å². The van der Waals surface area contributed by atoms with E-state index < -0.39 is 22.5 Å². The molecule has 0 saturated heterocycles. The van der Waals surface area contributed by atoms with Crippen molar-refractivity contribution in [2.24, 2.45) is 0 Å². The number of aromatic nitrogens is 2. The topological polar surface area (TPSA) is 92.5 Å². The van der Waals surface area contributed by atoms with E-state index in [9.17, 15) is 13.2 Å². The molecule has 0 spiro atoms. The molecule has 0 radical (unpaired) electrons. The van der Waals surface area contributed by atoms with E-state index in [0.717, 1.165) is 22.8 Å². The predicted octanol–water partition coefficient (Wildman–Crippen LogP) is 0.876. The van der Waals surface area contributed by atoms with Gasteiger partial charge < -0.3 is 5.11 Å². The lowest BCUT2D eigenvalue weighted by atomic mass is 10.3. The molecular weight excluding hydrogens is 282 g/mol. The van der Waals surface area contributed by atoms with Crippen LogP contribution in [-0.2, 0) is 21.4 Å². The lowest BCUT2D eigenvalue weighted by Gasteiger charge is -2.18. The minimum absolute atomic E-state index is 0.0880. The van der Waals surface area contributed by atoms with Crippen LogP contribution in [0.5, 0.6) is 0 Å². The highest BCUT2D eigenvalue weighted by atomic mass is 32.2. The van der Waals surface area contributed by atoms with Gasteiger partial charge in [0, 0.05) is 25.1 Å². The molecular formula is C12H19N3O4S. The maximum absolute atomic E-state index is 12.5. The van der Waals surface area contributed by atoms with E-state index >= 15 is 0 Å². The van der Waals surface area contributed by atoms with E-state index in [0.29, 0.717) is 12.5 Å². The van der Waals surface area contributed by atoms with Crippen LogP contribution in [0.3, 0.4) is 0 Å². The Balaban J connectivity index is 2.38. The zero-order valence-corrected chi connectivity index (χ0v) is 12.4. The maximum atomic E-state index is 12.5. The van der Waals surface area contributed by atoms with Crippen molar-refractivity contribution in [3.8, 4) is 0 Å². The first-order chi connectivity index (χ1) is 9.40. The lowest BCUT2D eigenvalue weighted by Crippen LogP contribution is -2.36. The molecule has 112 valence electrons. The quantitative estimate of drug-likeness (QED) is 0.807. The number of nitrogens with zero attached hydrogens (tertiary/aromatic N) is 3. The Hall–Kier alpha value is -1.41. The second-order valence-electron chi connectivity index (χ2n) is 4.82. The first-order valence-electron chi connectivity index (χ1n) is 6.69. The Bertz CT molecular complexity index is 604. The first-order valence-corrected chi connectivity index (χ1v) is 8.13. The van der Waals surface area contributed by atoms with E-state index in [2.05, 4.69) is 5.10 Å². The number of likely N-dealkylation sites (N-methyl/N-ethyl adjacent to an activating group) is 1. The minimum atomic E-state index is -3.82. The average molecular weight is 301 g/mol. The highest BCUT2D eigenvalue weighted by molar-refractivity contribution is 7.89. The van der Waals surface area contributed by atoms with E-state index in [1.54, 1.807) is 13.0 Å². The molecule has 20 heavy (non-hydrogen) atoms. The molecule has 0 aromatic carbocycles. The second kappa shape index (κ2) is 5.53. The molecule has 1 aromatic heterocycles. The van der Waals surface area contributed by atoms with Crippen LogP contribution in [0, 0.1) is 0 Å². The van der Waals surface area contributed by atoms with Gasteiger partial charge >= 0.3 is 5.97 Å². The van der Waals surface area contributed by atoms with Crippen molar-refractivity contribution in [2.75, 3.05) is 13.1 Å². The van der Waals surface area contributed by atoms with Gasteiger partial charge in [0.05, 0.1) is 5.69 Å². The van der Waals surface area contributed by atoms with E-state index in [4.69, 9.17) is 5.11 Å². The van der Waals surface area contributed by atoms with Gasteiger partial charge in [0.25, 0.3) is 10.0 Å². The van der Waals surface area contributed by atoms with Crippen molar-refractivity contribution in [1.29, 1.82) is 0 Å². The molecule has 1 aliphatic carbocycles. The summed E-state index contributed by atoms with van der Waals surface area (Å²) >= 11 is 0. The van der Waals surface area contributed by atoms with Gasteiger partial charge in [-0.05, 0) is 19.8 Å². The van der Waals surface area contributed by atoms with Gasteiger partial charge in [-0.25, -0.2) is 8.42 Å². The molecule has 0 amide bonds. The second-order valence-corrected chi connectivity index (χ2v) is 6.71. The number of rotatable bonds is 7. The van der Waals surface area contributed by atoms with Crippen LogP contribution < -0.4 is 0 Å². The van der Waals surface area contributed by atoms with Crippen LogP contribution in [0.15, 0.2) is 11.1 Å². The van der Waals surface area contributed by atoms with E-state index in [-0.39, 0.29) is 11.6 Å². The summed E-state index contributed by atoms with van der Waals surface area (Å²) in [5.74, 6) is -0.813. The number of sulfonamides is 1. The molecule has 0 bridgehead atoms. The fourth-order valence-electron chi connectivity index (χ4n) is 2.08. The zero-order chi connectivity index (χ0) is 14.9. The summed E-state index contributed by atoms with van der Waals surface area (Å²) in [5.41, 5.74) is 0.789. The average Bonchev–Trinajstić information content (AvgIpc) is 3.14. The molecule has 1 fully saturated rings. The molecule has 1 aliphatic rings. The minimum Gasteiger partial charge on any atom is -0.480 e. The van der Waals surface area contributed by atoms with Gasteiger partial charge in [0.15, 0.2) is 5.03 Å². The summed E-state index contributed by atoms with van der Waals surface area (Å²) in [6.45, 7) is 3.45. The summed E-state index contributed by atoms with van der Waals surface area (Å²) in [4.78, 5) is 10.8. The van der Waals surface area contributed by atoms with Gasteiger partial charge in [0.2, 0.25) is 0 Å². The number of hydrogen-bond acceptors (Lipinski definition) is 4. The summed E-state index contributed by atoms with van der Waals surface area (Å²) in [7, 11) is -3.82. The van der Waals surface area contributed by atoms with Crippen molar-refractivity contribution < 1.29 is 18.3 Å². The standard InChI is InChI=1S/C12H19N3O4S/c1-3-14(8-12(16)17)20(18,19)11-7-10(9-5-6-9)13-15(11)4-2/h7,9H,3-6,8H2,1-2H3,(H,16,17). The highest BCUT2D eigenvalue weighted by Crippen LogP contribution is 2.40. The zero-order valence-electron chi connectivity index (χ0n) is 11.6. The number of aliphatic carboxylic acids is 1. The molecule has 2 rings (SSSR count). The molecule has 0 atom stereocenters. The molecule has 8 heteroatoms. The first kappa shape index (κ1) is 15.0. The number of aryl methyl sites for hydroxylation is 1. The third kappa shape index (κ3) is 2.85. The summed E-state index contributed by atoms with van der Waals surface area (Å²) in [6, 6.07) is 1.58. The largest absolute Gasteiger partial charge is 0.480 e. The fourth-order valence-corrected chi connectivity index (χ4v) is 3.67. The van der Waals surface area contributed by atoms with E-state index in [1.165, 1.54) is 4.68 Å². The van der Waals surface area contributed by atoms with Crippen LogP contribution in [0.25, 0.3) is 0 Å². The van der Waals surface area contributed by atoms with Crippen LogP contribution in [-0.4, -0.2) is 46.7 Å². The Labute approximate surface area is 118 Å². The molecule has 7 nitrogen and oxygen atoms in total. The smallest absolute Gasteiger partial charge is 0.318 e. The predicted molar refractivity (Wildman–Crippen MR) is 71.9 cm³/mol. The molecule has 1 aromatic rings. The normalized spacial score (nSPS) is 15.8. The third-order valence-electron chi connectivity index (χ3n) is 3.33. The Kier molecular flexibility index (Phi) is 4.14. The van der Waals surface area contributed by atoms with Crippen molar-refractivity contribution in [1.82, 2.24) is 14.1 Å². The third-order valence-corrected chi connectivity index (χ3v) is 5.25. The Morgan fingerprint density at radius 2 is 2.15 bits per heavy atom. The highest BCUT2D eigenvalue weighted by Gasteiger charge is 2.33. The number of hydrogen-bond donors (Lipinski definition) is 1. The Morgan fingerprint density at radius 3 is 2.60 bits per heavy atom. The lowest BCUT2D eigenvalue weighted by molar-refractivity contribution is -0.137. The van der Waals surface area contributed by atoms with Crippen LogP contribution >= 0.6 is 0 Å². The number of carbonyl (C=O) groups is 1. The van der Waals surface area contributed by atoms with Crippen LogP contribution in [0.1, 0.15) is 38.3 Å². The molecule has 0 aliphatic heterocycles. The van der Waals surface area contributed by atoms with Gasteiger partial charge in [0.1, 0.15) is 6.54 Å². The van der Waals surface area contributed by atoms with Crippen molar-refractivity contribution in [3.63, 3.8) is 0 Å². The molecule has 0 unspecified atom stereocenters. The number of carboxylic acids is 1. The maximum Gasteiger partial charge on any atom is 0.318 e. The summed E-state index contributed by atoms with van der Waals surface area (Å²) in [6.07, 6.45) is 2.07. The van der Waals surface area contributed by atoms with Gasteiger partial charge in [-0.2, -0.15) is 9.40 Å². The Morgan fingerprint density at radius 1 is 1.50 bits per heavy atom. The summed E-state index contributed by atoms with van der Waals surface area (Å²) in [5, 5.41) is 13.2. The molecule has 1 heterocycles. The van der Waals surface area contributed by atoms with Crippen molar-refractivity contribution >= 4 is 16.0 Å². The van der Waals surface area contributed by atoms with Crippen molar-refractivity contribution in [3.05, 3.63) is 11.8 Å². The van der Waals surface area contributed by atoms with Gasteiger partial charge in [-0.3, -0.25) is 9.48 Å². The van der Waals surface area contributed by atoms with Crippen molar-refractivity contribution in [2.45, 2.75) is 44.2 Å². The van der Waals surface area contributed by atoms with Crippen LogP contribution in [0.2, 0.25) is 0 Å².